The largest absolute Gasteiger partial charge is 0.389 e. The first-order valence-electron chi connectivity index (χ1n) is 4.45. The average molecular weight is 243 g/mol. The molecule has 0 atom stereocenters. The molecule has 0 aromatic rings. The zero-order valence-corrected chi connectivity index (χ0v) is 9.31. The van der Waals surface area contributed by atoms with Gasteiger partial charge in [0.25, 0.3) is 0 Å². The summed E-state index contributed by atoms with van der Waals surface area (Å²) in [5.74, 6) is 0. The fraction of sp³-hybridized carbons (Fsp3) is 1.00. The maximum absolute atomic E-state index is 11.0. The van der Waals surface area contributed by atoms with Crippen molar-refractivity contribution in [3.8, 4) is 0 Å². The molecule has 0 radical (unpaired) electrons. The molecule has 4 N–H and O–H groups in total. The lowest BCUT2D eigenvalue weighted by atomic mass is 9.85. The maximum Gasteiger partial charge on any atom is 0.211 e. The predicted molar refractivity (Wildman–Crippen MR) is 54.2 cm³/mol. The lowest BCUT2D eigenvalue weighted by Gasteiger charge is -2.34. The molecule has 84 valence electrons. The van der Waals surface area contributed by atoms with Crippen molar-refractivity contribution < 1.29 is 13.5 Å². The number of nitrogens with one attached hydrogen (secondary N) is 1. The van der Waals surface area contributed by atoms with Crippen molar-refractivity contribution >= 4 is 21.8 Å². The van der Waals surface area contributed by atoms with Gasteiger partial charge in [0.05, 0.1) is 10.9 Å². The SMILES string of the molecule is NS(=O)(=O)[C@H]1CC[C@](O)(CNCl)CC1. The molecule has 1 aliphatic rings. The number of nitrogens with two attached hydrogens (primary N) is 1. The Bertz CT molecular complexity index is 285. The molecule has 1 saturated carbocycles. The fourth-order valence-corrected chi connectivity index (χ4v) is 2.90. The maximum atomic E-state index is 11.0. The molecule has 1 fully saturated rings. The summed E-state index contributed by atoms with van der Waals surface area (Å²) in [6.07, 6.45) is 1.61. The molecular weight excluding hydrogens is 228 g/mol. The number of aliphatic hydroxyl groups is 1. The van der Waals surface area contributed by atoms with Crippen molar-refractivity contribution in [3.63, 3.8) is 0 Å². The molecule has 0 heterocycles. The minimum absolute atomic E-state index is 0.270. The molecule has 7 heteroatoms. The van der Waals surface area contributed by atoms with E-state index in [0.29, 0.717) is 25.7 Å². The van der Waals surface area contributed by atoms with Gasteiger partial charge >= 0.3 is 0 Å². The van der Waals surface area contributed by atoms with Crippen LogP contribution in [0.5, 0.6) is 0 Å². The van der Waals surface area contributed by atoms with Crippen molar-refractivity contribution in [2.45, 2.75) is 36.5 Å². The Balaban J connectivity index is 2.54. The van der Waals surface area contributed by atoms with Gasteiger partial charge in [-0.05, 0) is 37.5 Å². The lowest BCUT2D eigenvalue weighted by Crippen LogP contribution is -2.45. The average Bonchev–Trinajstić information content (AvgIpc) is 2.03. The van der Waals surface area contributed by atoms with Gasteiger partial charge in [-0.15, -0.1) is 0 Å². The molecule has 0 saturated heterocycles. The third-order valence-corrected chi connectivity index (χ3v) is 4.26. The Kier molecular flexibility index (Phi) is 3.76. The van der Waals surface area contributed by atoms with Gasteiger partial charge in [-0.3, -0.25) is 0 Å². The van der Waals surface area contributed by atoms with Gasteiger partial charge in [0.1, 0.15) is 0 Å². The van der Waals surface area contributed by atoms with Gasteiger partial charge in [-0.1, -0.05) is 0 Å². The molecule has 0 spiro atoms. The molecule has 1 aliphatic carbocycles. The van der Waals surface area contributed by atoms with Crippen LogP contribution in [0.3, 0.4) is 0 Å². The highest BCUT2D eigenvalue weighted by Gasteiger charge is 2.36. The molecule has 0 bridgehead atoms. The minimum atomic E-state index is -3.46. The van der Waals surface area contributed by atoms with E-state index in [9.17, 15) is 13.5 Å². The first-order valence-corrected chi connectivity index (χ1v) is 6.44. The Morgan fingerprint density at radius 3 is 2.36 bits per heavy atom. The van der Waals surface area contributed by atoms with Crippen molar-refractivity contribution in [2.24, 2.45) is 5.14 Å². The van der Waals surface area contributed by atoms with Gasteiger partial charge in [0.2, 0.25) is 10.0 Å². The third-order valence-electron chi connectivity index (χ3n) is 2.72. The minimum Gasteiger partial charge on any atom is -0.389 e. The van der Waals surface area contributed by atoms with E-state index in [1.807, 2.05) is 0 Å². The van der Waals surface area contributed by atoms with Crippen LogP contribution in [0.1, 0.15) is 25.7 Å². The van der Waals surface area contributed by atoms with Crippen LogP contribution in [0.4, 0.5) is 0 Å². The summed E-state index contributed by atoms with van der Waals surface area (Å²) in [7, 11) is -3.46. The van der Waals surface area contributed by atoms with E-state index in [1.165, 1.54) is 0 Å². The van der Waals surface area contributed by atoms with Crippen molar-refractivity contribution in [1.82, 2.24) is 4.84 Å². The highest BCUT2D eigenvalue weighted by Crippen LogP contribution is 2.30. The Hall–Kier alpha value is 0.120. The summed E-state index contributed by atoms with van der Waals surface area (Å²) in [4.78, 5) is 2.37. The van der Waals surface area contributed by atoms with Crippen LogP contribution in [0.2, 0.25) is 0 Å². The molecule has 5 nitrogen and oxygen atoms in total. The second-order valence-corrected chi connectivity index (χ2v) is 5.94. The van der Waals surface area contributed by atoms with E-state index in [0.717, 1.165) is 0 Å². The number of sulfonamides is 1. The van der Waals surface area contributed by atoms with Gasteiger partial charge in [-0.2, -0.15) is 0 Å². The van der Waals surface area contributed by atoms with E-state index in [-0.39, 0.29) is 6.54 Å². The number of hydrogen-bond donors (Lipinski definition) is 3. The predicted octanol–water partition coefficient (Wildman–Crippen LogP) is -0.308. The number of hydrogen-bond acceptors (Lipinski definition) is 4. The molecule has 14 heavy (non-hydrogen) atoms. The normalized spacial score (nSPS) is 34.4. The summed E-state index contributed by atoms with van der Waals surface area (Å²) in [6.45, 7) is 0.270. The topological polar surface area (TPSA) is 92.4 Å². The molecule has 0 aliphatic heterocycles. The Morgan fingerprint density at radius 1 is 1.50 bits per heavy atom. The van der Waals surface area contributed by atoms with Gasteiger partial charge in [0, 0.05) is 6.54 Å². The molecule has 0 amide bonds. The van der Waals surface area contributed by atoms with E-state index in [4.69, 9.17) is 16.9 Å². The van der Waals surface area contributed by atoms with Crippen LogP contribution in [0.15, 0.2) is 0 Å². The van der Waals surface area contributed by atoms with E-state index >= 15 is 0 Å². The molecule has 0 unspecified atom stereocenters. The highest BCUT2D eigenvalue weighted by molar-refractivity contribution is 7.89. The highest BCUT2D eigenvalue weighted by atomic mass is 35.5. The van der Waals surface area contributed by atoms with E-state index in [1.54, 1.807) is 0 Å². The monoisotopic (exact) mass is 242 g/mol. The van der Waals surface area contributed by atoms with Gasteiger partial charge in [0.15, 0.2) is 0 Å². The van der Waals surface area contributed by atoms with Crippen molar-refractivity contribution in [1.29, 1.82) is 0 Å². The smallest absolute Gasteiger partial charge is 0.211 e. The van der Waals surface area contributed by atoms with Gasteiger partial charge < -0.3 is 5.11 Å². The van der Waals surface area contributed by atoms with Crippen LogP contribution in [0, 0.1) is 0 Å². The summed E-state index contributed by atoms with van der Waals surface area (Å²) in [5, 5.41) is 14.4. The summed E-state index contributed by atoms with van der Waals surface area (Å²) in [5.41, 5.74) is -0.886. The van der Waals surface area contributed by atoms with E-state index < -0.39 is 20.9 Å². The molecule has 1 rings (SSSR count). The molecular formula is C7H15ClN2O3S. The van der Waals surface area contributed by atoms with E-state index in [2.05, 4.69) is 4.84 Å². The quantitative estimate of drug-likeness (QED) is 0.592. The molecule has 0 aromatic carbocycles. The summed E-state index contributed by atoms with van der Waals surface area (Å²) in [6, 6.07) is 0. The fourth-order valence-electron chi connectivity index (χ4n) is 1.76. The van der Waals surface area contributed by atoms with Crippen LogP contribution in [-0.4, -0.2) is 30.9 Å². The molecule has 0 aromatic heterocycles. The van der Waals surface area contributed by atoms with Crippen LogP contribution in [0.25, 0.3) is 0 Å². The standard InChI is InChI=1S/C7H15ClN2O3S/c8-10-5-7(11)3-1-6(2-4-7)14(9,12)13/h6,10-11H,1-5H2,(H2,9,12,13)/t6-,7+. The summed E-state index contributed by atoms with van der Waals surface area (Å²) >= 11 is 5.30. The first-order chi connectivity index (χ1) is 6.37. The first kappa shape index (κ1) is 12.2. The number of halogens is 1. The zero-order valence-electron chi connectivity index (χ0n) is 7.74. The lowest BCUT2D eigenvalue weighted by molar-refractivity contribution is 0.0105. The third kappa shape index (κ3) is 3.06. The Labute approximate surface area is 88.8 Å². The second kappa shape index (κ2) is 4.32. The second-order valence-electron chi connectivity index (χ2n) is 3.82. The number of primary sulfonamides is 1. The van der Waals surface area contributed by atoms with Crippen molar-refractivity contribution in [3.05, 3.63) is 0 Å². The van der Waals surface area contributed by atoms with Crippen LogP contribution >= 0.6 is 11.8 Å². The van der Waals surface area contributed by atoms with Gasteiger partial charge in [-0.25, -0.2) is 18.4 Å². The van der Waals surface area contributed by atoms with Crippen molar-refractivity contribution in [2.75, 3.05) is 6.54 Å². The number of rotatable bonds is 3. The van der Waals surface area contributed by atoms with Crippen LogP contribution < -0.4 is 9.97 Å². The zero-order chi connectivity index (χ0) is 10.8. The van der Waals surface area contributed by atoms with Crippen LogP contribution in [-0.2, 0) is 10.0 Å². The Morgan fingerprint density at radius 2 is 2.00 bits per heavy atom. The summed E-state index contributed by atoms with van der Waals surface area (Å²) < 4.78 is 22.0.